The van der Waals surface area contributed by atoms with Crippen LogP contribution >= 0.6 is 0 Å². The fraction of sp³-hybridized carbons (Fsp3) is 0.545. The summed E-state index contributed by atoms with van der Waals surface area (Å²) in [4.78, 5) is 4.32. The Hall–Kier alpha value is -1.13. The largest absolute Gasteiger partial charge is 0.394 e. The Labute approximate surface area is 90.3 Å². The fourth-order valence-corrected chi connectivity index (χ4v) is 1.20. The first-order chi connectivity index (χ1) is 7.33. The van der Waals surface area contributed by atoms with Gasteiger partial charge in [-0.2, -0.15) is 0 Å². The van der Waals surface area contributed by atoms with Gasteiger partial charge >= 0.3 is 0 Å². The zero-order chi connectivity index (χ0) is 10.9. The number of aliphatic hydroxyl groups is 1. The molecule has 2 N–H and O–H groups in total. The second kappa shape index (κ2) is 7.20. The lowest BCUT2D eigenvalue weighted by molar-refractivity contribution is 0.0922. The van der Waals surface area contributed by atoms with E-state index in [0.29, 0.717) is 13.2 Å². The molecule has 0 saturated carbocycles. The summed E-state index contributed by atoms with van der Waals surface area (Å²) >= 11 is 0. The molecule has 4 heteroatoms. The van der Waals surface area contributed by atoms with Crippen molar-refractivity contribution >= 4 is 5.82 Å². The molecule has 0 aromatic carbocycles. The molecule has 1 heterocycles. The minimum absolute atomic E-state index is 0.0901. The molecule has 1 aromatic heterocycles. The van der Waals surface area contributed by atoms with Crippen LogP contribution in [0.5, 0.6) is 0 Å². The maximum atomic E-state index is 8.48. The number of aliphatic hydroxyl groups excluding tert-OH is 1. The molecular weight excluding hydrogens is 192 g/mol. The number of ether oxygens (including phenoxy) is 1. The molecule has 0 aliphatic heterocycles. The summed E-state index contributed by atoms with van der Waals surface area (Å²) in [6, 6.07) is 5.89. The van der Waals surface area contributed by atoms with Crippen LogP contribution in [-0.4, -0.2) is 36.5 Å². The predicted molar refractivity (Wildman–Crippen MR) is 60.0 cm³/mol. The molecular formula is C11H18N2O2. The number of hydrogen-bond acceptors (Lipinski definition) is 4. The molecule has 0 unspecified atom stereocenters. The highest BCUT2D eigenvalue weighted by Gasteiger charge is 1.93. The SMILES string of the molecule is Cc1cccc(NCCCOCCO)n1. The third-order valence-electron chi connectivity index (χ3n) is 1.90. The molecule has 1 aromatic rings. The van der Waals surface area contributed by atoms with Gasteiger partial charge in [0.05, 0.1) is 13.2 Å². The maximum absolute atomic E-state index is 8.48. The first kappa shape index (κ1) is 11.9. The molecule has 0 saturated heterocycles. The van der Waals surface area contributed by atoms with Gasteiger partial charge in [0.2, 0.25) is 0 Å². The molecule has 15 heavy (non-hydrogen) atoms. The predicted octanol–water partition coefficient (Wildman–Crippen LogP) is 1.20. The van der Waals surface area contributed by atoms with Gasteiger partial charge in [-0.1, -0.05) is 6.07 Å². The smallest absolute Gasteiger partial charge is 0.126 e. The van der Waals surface area contributed by atoms with Gasteiger partial charge in [0.25, 0.3) is 0 Å². The van der Waals surface area contributed by atoms with E-state index in [9.17, 15) is 0 Å². The van der Waals surface area contributed by atoms with Gasteiger partial charge in [-0.3, -0.25) is 0 Å². The van der Waals surface area contributed by atoms with Crippen molar-refractivity contribution in [3.8, 4) is 0 Å². The topological polar surface area (TPSA) is 54.4 Å². The number of aromatic nitrogens is 1. The van der Waals surface area contributed by atoms with E-state index >= 15 is 0 Å². The molecule has 0 aliphatic rings. The first-order valence-electron chi connectivity index (χ1n) is 5.19. The Kier molecular flexibility index (Phi) is 5.73. The first-order valence-corrected chi connectivity index (χ1v) is 5.19. The van der Waals surface area contributed by atoms with Crippen molar-refractivity contribution in [1.82, 2.24) is 4.98 Å². The van der Waals surface area contributed by atoms with Crippen LogP contribution in [0.25, 0.3) is 0 Å². The summed E-state index contributed by atoms with van der Waals surface area (Å²) in [6.07, 6.45) is 0.912. The van der Waals surface area contributed by atoms with Crippen LogP contribution in [0.2, 0.25) is 0 Å². The lowest BCUT2D eigenvalue weighted by Gasteiger charge is -2.06. The number of rotatable bonds is 7. The van der Waals surface area contributed by atoms with Gasteiger partial charge in [0, 0.05) is 18.8 Å². The zero-order valence-corrected chi connectivity index (χ0v) is 9.07. The van der Waals surface area contributed by atoms with E-state index in [-0.39, 0.29) is 6.61 Å². The van der Waals surface area contributed by atoms with E-state index in [0.717, 1.165) is 24.5 Å². The maximum Gasteiger partial charge on any atom is 0.126 e. The third-order valence-corrected chi connectivity index (χ3v) is 1.90. The Morgan fingerprint density at radius 3 is 3.00 bits per heavy atom. The van der Waals surface area contributed by atoms with Crippen LogP contribution in [0.3, 0.4) is 0 Å². The number of nitrogens with zero attached hydrogens (tertiary/aromatic N) is 1. The van der Waals surface area contributed by atoms with E-state index in [4.69, 9.17) is 9.84 Å². The van der Waals surface area contributed by atoms with Crippen LogP contribution in [0.15, 0.2) is 18.2 Å². The lowest BCUT2D eigenvalue weighted by atomic mass is 10.3. The number of aryl methyl sites for hydroxylation is 1. The van der Waals surface area contributed by atoms with E-state index < -0.39 is 0 Å². The van der Waals surface area contributed by atoms with Crippen molar-refractivity contribution in [1.29, 1.82) is 0 Å². The Bertz CT molecular complexity index is 279. The number of anilines is 1. The van der Waals surface area contributed by atoms with Crippen LogP contribution in [0.1, 0.15) is 12.1 Å². The molecule has 0 atom stereocenters. The summed E-state index contributed by atoms with van der Waals surface area (Å²) in [5.74, 6) is 0.900. The zero-order valence-electron chi connectivity index (χ0n) is 9.07. The molecule has 0 fully saturated rings. The van der Waals surface area contributed by atoms with Gasteiger partial charge in [-0.25, -0.2) is 4.98 Å². The molecule has 1 rings (SSSR count). The van der Waals surface area contributed by atoms with Crippen LogP contribution in [0.4, 0.5) is 5.82 Å². The van der Waals surface area contributed by atoms with Crippen molar-refractivity contribution < 1.29 is 9.84 Å². The van der Waals surface area contributed by atoms with Crippen LogP contribution < -0.4 is 5.32 Å². The van der Waals surface area contributed by atoms with E-state index in [2.05, 4.69) is 10.3 Å². The molecule has 84 valence electrons. The average molecular weight is 210 g/mol. The highest BCUT2D eigenvalue weighted by molar-refractivity contribution is 5.34. The Morgan fingerprint density at radius 2 is 2.27 bits per heavy atom. The van der Waals surface area contributed by atoms with E-state index in [1.807, 2.05) is 25.1 Å². The molecule has 4 nitrogen and oxygen atoms in total. The van der Waals surface area contributed by atoms with Gasteiger partial charge < -0.3 is 15.2 Å². The fourth-order valence-electron chi connectivity index (χ4n) is 1.20. The third kappa shape index (κ3) is 5.34. The lowest BCUT2D eigenvalue weighted by Crippen LogP contribution is -2.08. The van der Waals surface area contributed by atoms with Gasteiger partial charge in [-0.05, 0) is 25.5 Å². The van der Waals surface area contributed by atoms with Crippen LogP contribution in [-0.2, 0) is 4.74 Å². The number of nitrogens with one attached hydrogen (secondary N) is 1. The van der Waals surface area contributed by atoms with Gasteiger partial charge in [0.15, 0.2) is 0 Å². The molecule has 0 bridgehead atoms. The normalized spacial score (nSPS) is 10.3. The highest BCUT2D eigenvalue weighted by Crippen LogP contribution is 2.03. The van der Waals surface area contributed by atoms with E-state index in [1.54, 1.807) is 0 Å². The monoisotopic (exact) mass is 210 g/mol. The second-order valence-corrected chi connectivity index (χ2v) is 3.28. The Balaban J connectivity index is 2.10. The minimum atomic E-state index is 0.0901. The van der Waals surface area contributed by atoms with Gasteiger partial charge in [0.1, 0.15) is 5.82 Å². The highest BCUT2D eigenvalue weighted by atomic mass is 16.5. The van der Waals surface area contributed by atoms with Crippen molar-refractivity contribution in [3.63, 3.8) is 0 Å². The van der Waals surface area contributed by atoms with Gasteiger partial charge in [-0.15, -0.1) is 0 Å². The Morgan fingerprint density at radius 1 is 1.40 bits per heavy atom. The van der Waals surface area contributed by atoms with Crippen molar-refractivity contribution in [2.75, 3.05) is 31.7 Å². The second-order valence-electron chi connectivity index (χ2n) is 3.28. The minimum Gasteiger partial charge on any atom is -0.394 e. The molecule has 0 radical (unpaired) electrons. The molecule has 0 amide bonds. The standard InChI is InChI=1S/C11H18N2O2/c1-10-4-2-5-11(13-10)12-6-3-8-15-9-7-14/h2,4-5,14H,3,6-9H2,1H3,(H,12,13). The number of pyridine rings is 1. The average Bonchev–Trinajstić information content (AvgIpc) is 2.23. The summed E-state index contributed by atoms with van der Waals surface area (Å²) in [7, 11) is 0. The summed E-state index contributed by atoms with van der Waals surface area (Å²) in [5, 5.41) is 11.7. The summed E-state index contributed by atoms with van der Waals surface area (Å²) in [6.45, 7) is 3.98. The van der Waals surface area contributed by atoms with Crippen molar-refractivity contribution in [2.45, 2.75) is 13.3 Å². The quantitative estimate of drug-likeness (QED) is 0.664. The van der Waals surface area contributed by atoms with Crippen molar-refractivity contribution in [2.24, 2.45) is 0 Å². The summed E-state index contributed by atoms with van der Waals surface area (Å²) < 4.78 is 5.13. The van der Waals surface area contributed by atoms with Crippen LogP contribution in [0, 0.1) is 6.92 Å². The molecule has 0 spiro atoms. The molecule has 0 aliphatic carbocycles. The van der Waals surface area contributed by atoms with E-state index in [1.165, 1.54) is 0 Å². The van der Waals surface area contributed by atoms with Crippen molar-refractivity contribution in [3.05, 3.63) is 23.9 Å². The number of hydrogen-bond donors (Lipinski definition) is 2. The summed E-state index contributed by atoms with van der Waals surface area (Å²) in [5.41, 5.74) is 1.01.